The molecule has 0 spiro atoms. The van der Waals surface area contributed by atoms with Gasteiger partial charge in [-0.1, -0.05) is 0 Å². The van der Waals surface area contributed by atoms with E-state index in [1.54, 1.807) is 0 Å². The van der Waals surface area contributed by atoms with Crippen molar-refractivity contribution in [2.75, 3.05) is 99.1 Å². The zero-order valence-electron chi connectivity index (χ0n) is 21.3. The van der Waals surface area contributed by atoms with Crippen LogP contribution in [-0.2, 0) is 47.4 Å². The van der Waals surface area contributed by atoms with Gasteiger partial charge in [-0.3, -0.25) is 0 Å². The minimum Gasteiger partial charge on any atom is -0.458 e. The second-order valence-electron chi connectivity index (χ2n) is 8.23. The van der Waals surface area contributed by atoms with E-state index >= 15 is 0 Å². The molecule has 0 aliphatic carbocycles. The number of hydrogen-bond acceptors (Lipinski definition) is 10. The van der Waals surface area contributed by atoms with Crippen molar-refractivity contribution in [2.45, 2.75) is 46.3 Å². The summed E-state index contributed by atoms with van der Waals surface area (Å²) in [6.07, 6.45) is 0.231. The Morgan fingerprint density at radius 2 is 0.848 bits per heavy atom. The third-order valence-electron chi connectivity index (χ3n) is 3.55. The van der Waals surface area contributed by atoms with Crippen molar-refractivity contribution in [1.82, 2.24) is 0 Å². The molecule has 0 radical (unpaired) electrons. The molecule has 0 aromatic carbocycles. The van der Waals surface area contributed by atoms with Gasteiger partial charge in [-0.05, 0) is 34.6 Å². The molecular weight excluding hydrogens is 436 g/mol. The molecule has 0 unspecified atom stereocenters. The summed E-state index contributed by atoms with van der Waals surface area (Å²) < 4.78 is 48.1. The van der Waals surface area contributed by atoms with Gasteiger partial charge in [-0.25, -0.2) is 4.79 Å². The SMILES string of the molecule is CC(C)OCCOCCOCCOCCOCCOCCOCCOCC(=O)OC(C)(C)C. The van der Waals surface area contributed by atoms with Gasteiger partial charge in [0.15, 0.2) is 0 Å². The average Bonchev–Trinajstić information content (AvgIpc) is 2.72. The summed E-state index contributed by atoms with van der Waals surface area (Å²) in [6.45, 7) is 16.4. The van der Waals surface area contributed by atoms with Gasteiger partial charge in [0.1, 0.15) is 12.2 Å². The molecule has 0 saturated carbocycles. The van der Waals surface area contributed by atoms with Crippen LogP contribution in [0.2, 0.25) is 0 Å². The highest BCUT2D eigenvalue weighted by Crippen LogP contribution is 2.06. The fraction of sp³-hybridized carbons (Fsp3) is 0.957. The van der Waals surface area contributed by atoms with Crippen LogP contribution in [0, 0.1) is 0 Å². The van der Waals surface area contributed by atoms with Crippen LogP contribution >= 0.6 is 0 Å². The number of carbonyl (C=O) groups is 1. The van der Waals surface area contributed by atoms with E-state index in [2.05, 4.69) is 0 Å². The van der Waals surface area contributed by atoms with Gasteiger partial charge in [-0.2, -0.15) is 0 Å². The average molecular weight is 483 g/mol. The molecule has 0 aromatic heterocycles. The Kier molecular flexibility index (Phi) is 22.3. The lowest BCUT2D eigenvalue weighted by Gasteiger charge is -2.19. The van der Waals surface area contributed by atoms with Gasteiger partial charge in [-0.15, -0.1) is 0 Å². The Morgan fingerprint density at radius 1 is 0.545 bits per heavy atom. The van der Waals surface area contributed by atoms with E-state index < -0.39 is 5.60 Å². The van der Waals surface area contributed by atoms with Crippen molar-refractivity contribution in [2.24, 2.45) is 0 Å². The van der Waals surface area contributed by atoms with E-state index in [4.69, 9.17) is 42.6 Å². The lowest BCUT2D eigenvalue weighted by atomic mass is 10.2. The molecule has 0 fully saturated rings. The van der Waals surface area contributed by atoms with Crippen molar-refractivity contribution in [1.29, 1.82) is 0 Å². The minimum atomic E-state index is -0.501. The normalized spacial score (nSPS) is 11.9. The lowest BCUT2D eigenvalue weighted by molar-refractivity contribution is -0.160. The van der Waals surface area contributed by atoms with Gasteiger partial charge >= 0.3 is 5.97 Å². The maximum atomic E-state index is 11.4. The van der Waals surface area contributed by atoms with E-state index in [9.17, 15) is 4.79 Å². The number of carbonyl (C=O) groups excluding carboxylic acids is 1. The molecule has 0 N–H and O–H groups in total. The largest absolute Gasteiger partial charge is 0.458 e. The first-order valence-electron chi connectivity index (χ1n) is 11.7. The summed E-state index contributed by atoms with van der Waals surface area (Å²) in [5.74, 6) is -0.380. The third-order valence-corrected chi connectivity index (χ3v) is 3.55. The van der Waals surface area contributed by atoms with E-state index in [0.29, 0.717) is 92.5 Å². The number of ether oxygens (including phenoxy) is 9. The van der Waals surface area contributed by atoms with Crippen LogP contribution in [0.25, 0.3) is 0 Å². The van der Waals surface area contributed by atoms with E-state index in [-0.39, 0.29) is 18.7 Å². The molecule has 0 atom stereocenters. The van der Waals surface area contributed by atoms with E-state index in [1.165, 1.54) is 0 Å². The lowest BCUT2D eigenvalue weighted by Crippen LogP contribution is -2.27. The first-order chi connectivity index (χ1) is 15.8. The zero-order chi connectivity index (χ0) is 24.6. The van der Waals surface area contributed by atoms with Crippen LogP contribution in [0.5, 0.6) is 0 Å². The van der Waals surface area contributed by atoms with E-state index in [0.717, 1.165) is 0 Å². The fourth-order valence-corrected chi connectivity index (χ4v) is 2.19. The molecule has 0 aliphatic rings. The second kappa shape index (κ2) is 22.9. The molecule has 10 nitrogen and oxygen atoms in total. The predicted octanol–water partition coefficient (Wildman–Crippen LogP) is 1.87. The molecule has 0 rings (SSSR count). The highest BCUT2D eigenvalue weighted by Gasteiger charge is 2.15. The third kappa shape index (κ3) is 29.1. The maximum Gasteiger partial charge on any atom is 0.332 e. The maximum absolute atomic E-state index is 11.4. The highest BCUT2D eigenvalue weighted by atomic mass is 16.6. The standard InChI is InChI=1S/C23H46O10/c1-21(2)32-19-18-30-15-14-28-11-10-26-7-6-25-8-9-27-12-13-29-16-17-31-20-22(24)33-23(3,4)5/h21H,6-20H2,1-5H3. The Labute approximate surface area is 199 Å². The summed E-state index contributed by atoms with van der Waals surface area (Å²) >= 11 is 0. The Bertz CT molecular complexity index is 426. The van der Waals surface area contributed by atoms with Gasteiger partial charge in [0.25, 0.3) is 0 Å². The molecule has 0 amide bonds. The highest BCUT2D eigenvalue weighted by molar-refractivity contribution is 5.71. The molecule has 0 saturated heterocycles. The summed E-state index contributed by atoms with van der Waals surface area (Å²) in [5.41, 5.74) is -0.501. The van der Waals surface area contributed by atoms with Crippen LogP contribution < -0.4 is 0 Å². The first kappa shape index (κ1) is 32.1. The summed E-state index contributed by atoms with van der Waals surface area (Å²) in [4.78, 5) is 11.4. The molecule has 0 aromatic rings. The number of hydrogen-bond donors (Lipinski definition) is 0. The van der Waals surface area contributed by atoms with Crippen molar-refractivity contribution < 1.29 is 47.4 Å². The summed E-state index contributed by atoms with van der Waals surface area (Å²) in [7, 11) is 0. The molecule has 33 heavy (non-hydrogen) atoms. The molecule has 0 aliphatic heterocycles. The molecular formula is C23H46O10. The summed E-state index contributed by atoms with van der Waals surface area (Å²) in [5, 5.41) is 0. The number of rotatable bonds is 24. The Balaban J connectivity index is 3.11. The summed E-state index contributed by atoms with van der Waals surface area (Å²) in [6, 6.07) is 0. The Hall–Kier alpha value is -0.850. The van der Waals surface area contributed by atoms with Gasteiger partial charge in [0.2, 0.25) is 0 Å². The van der Waals surface area contributed by atoms with Crippen LogP contribution in [0.1, 0.15) is 34.6 Å². The zero-order valence-corrected chi connectivity index (χ0v) is 21.3. The van der Waals surface area contributed by atoms with Crippen LogP contribution in [0.4, 0.5) is 0 Å². The van der Waals surface area contributed by atoms with Crippen molar-refractivity contribution >= 4 is 5.97 Å². The number of esters is 1. The second-order valence-corrected chi connectivity index (χ2v) is 8.23. The molecule has 0 heterocycles. The molecule has 198 valence electrons. The van der Waals surface area contributed by atoms with Crippen molar-refractivity contribution in [3.05, 3.63) is 0 Å². The minimum absolute atomic E-state index is 0.0744. The Morgan fingerprint density at radius 3 is 1.15 bits per heavy atom. The quantitative estimate of drug-likeness (QED) is 0.150. The van der Waals surface area contributed by atoms with Gasteiger partial charge in [0, 0.05) is 0 Å². The van der Waals surface area contributed by atoms with Crippen LogP contribution in [0.3, 0.4) is 0 Å². The topological polar surface area (TPSA) is 100 Å². The van der Waals surface area contributed by atoms with Crippen LogP contribution in [0.15, 0.2) is 0 Å². The van der Waals surface area contributed by atoms with Gasteiger partial charge in [0.05, 0.1) is 98.6 Å². The molecule has 10 heteroatoms. The smallest absolute Gasteiger partial charge is 0.332 e. The van der Waals surface area contributed by atoms with E-state index in [1.807, 2.05) is 34.6 Å². The predicted molar refractivity (Wildman–Crippen MR) is 123 cm³/mol. The van der Waals surface area contributed by atoms with Crippen molar-refractivity contribution in [3.63, 3.8) is 0 Å². The van der Waals surface area contributed by atoms with Crippen molar-refractivity contribution in [3.8, 4) is 0 Å². The monoisotopic (exact) mass is 482 g/mol. The first-order valence-corrected chi connectivity index (χ1v) is 11.7. The van der Waals surface area contributed by atoms with Gasteiger partial charge < -0.3 is 42.6 Å². The fourth-order valence-electron chi connectivity index (χ4n) is 2.19. The molecule has 0 bridgehead atoms. The van der Waals surface area contributed by atoms with Crippen LogP contribution in [-0.4, -0.2) is 117 Å².